The lowest BCUT2D eigenvalue weighted by atomic mass is 9.64. The highest BCUT2D eigenvalue weighted by Crippen LogP contribution is 2.45. The van der Waals surface area contributed by atoms with Gasteiger partial charge in [0.2, 0.25) is 0 Å². The van der Waals surface area contributed by atoms with E-state index in [9.17, 15) is 5.11 Å². The summed E-state index contributed by atoms with van der Waals surface area (Å²) in [4.78, 5) is 0. The van der Waals surface area contributed by atoms with E-state index in [0.717, 1.165) is 16.7 Å². The van der Waals surface area contributed by atoms with E-state index in [1.54, 1.807) is 0 Å². The van der Waals surface area contributed by atoms with Crippen LogP contribution in [-0.2, 0) is 14.9 Å². The maximum atomic E-state index is 10.9. The molecular formula is C25H30N2O4. The fourth-order valence-corrected chi connectivity index (χ4v) is 4.05. The van der Waals surface area contributed by atoms with Gasteiger partial charge in [-0.15, -0.1) is 0 Å². The van der Waals surface area contributed by atoms with Crippen molar-refractivity contribution in [2.45, 2.75) is 17.4 Å². The van der Waals surface area contributed by atoms with Crippen LogP contribution >= 0.6 is 0 Å². The van der Waals surface area contributed by atoms with E-state index < -0.39 is 17.4 Å². The zero-order chi connectivity index (χ0) is 22.2. The lowest BCUT2D eigenvalue weighted by Crippen LogP contribution is -2.67. The Bertz CT molecular complexity index is 802. The van der Waals surface area contributed by atoms with Gasteiger partial charge < -0.3 is 19.7 Å². The first-order valence-corrected chi connectivity index (χ1v) is 10.3. The van der Waals surface area contributed by atoms with E-state index in [0.29, 0.717) is 0 Å². The van der Waals surface area contributed by atoms with Crippen LogP contribution in [0.4, 0.5) is 0 Å². The van der Waals surface area contributed by atoms with Crippen molar-refractivity contribution in [2.24, 2.45) is 11.5 Å². The number of rotatable bonds is 11. The Kier molecular flexibility index (Phi) is 7.92. The standard InChI is InChI=1S/C25H30N2O4/c26-25(27,29)23(31-19-18-30-17-16-28)24(20-10-4-1-5-11-20,21-12-6-2-7-13-21)22-14-8-3-9-15-22/h1-15,23,28-29H,16-19,26-27H2. The van der Waals surface area contributed by atoms with Gasteiger partial charge in [-0.25, -0.2) is 0 Å². The molecule has 0 spiro atoms. The molecule has 0 aliphatic rings. The Balaban J connectivity index is 2.22. The first kappa shape index (κ1) is 23.1. The summed E-state index contributed by atoms with van der Waals surface area (Å²) in [6.07, 6.45) is -1.05. The van der Waals surface area contributed by atoms with Crippen LogP contribution in [0.3, 0.4) is 0 Å². The Hall–Kier alpha value is -2.58. The number of hydrogen-bond acceptors (Lipinski definition) is 6. The van der Waals surface area contributed by atoms with Crippen LogP contribution < -0.4 is 11.5 Å². The molecule has 0 heterocycles. The molecule has 31 heavy (non-hydrogen) atoms. The summed E-state index contributed by atoms with van der Waals surface area (Å²) in [5.41, 5.74) is 13.9. The van der Waals surface area contributed by atoms with Gasteiger partial charge in [0.15, 0.2) is 5.85 Å². The van der Waals surface area contributed by atoms with Crippen molar-refractivity contribution in [3.63, 3.8) is 0 Å². The second-order valence-corrected chi connectivity index (χ2v) is 7.38. The van der Waals surface area contributed by atoms with Crippen LogP contribution in [0.2, 0.25) is 0 Å². The van der Waals surface area contributed by atoms with Crippen molar-refractivity contribution >= 4 is 0 Å². The molecule has 0 fully saturated rings. The average Bonchev–Trinajstić information content (AvgIpc) is 2.79. The molecule has 0 saturated carbocycles. The average molecular weight is 423 g/mol. The quantitative estimate of drug-likeness (QED) is 0.214. The molecule has 0 aromatic heterocycles. The number of benzene rings is 3. The summed E-state index contributed by atoms with van der Waals surface area (Å²) in [6.45, 7) is 0.477. The predicted octanol–water partition coefficient (Wildman–Crippen LogP) is 1.98. The highest BCUT2D eigenvalue weighted by molar-refractivity contribution is 5.52. The van der Waals surface area contributed by atoms with Crippen molar-refractivity contribution in [1.29, 1.82) is 0 Å². The molecule has 6 nitrogen and oxygen atoms in total. The van der Waals surface area contributed by atoms with E-state index in [4.69, 9.17) is 26.0 Å². The number of hydrogen-bond donors (Lipinski definition) is 4. The third-order valence-electron chi connectivity index (χ3n) is 5.25. The molecule has 0 aliphatic carbocycles. The van der Waals surface area contributed by atoms with Crippen molar-refractivity contribution in [3.8, 4) is 0 Å². The van der Waals surface area contributed by atoms with Gasteiger partial charge in [-0.3, -0.25) is 11.5 Å². The maximum Gasteiger partial charge on any atom is 0.195 e. The number of aliphatic hydroxyl groups excluding tert-OH is 1. The van der Waals surface area contributed by atoms with Crippen LogP contribution in [0, 0.1) is 0 Å². The molecule has 0 saturated heterocycles. The van der Waals surface area contributed by atoms with E-state index in [1.807, 2.05) is 91.0 Å². The fraction of sp³-hybridized carbons (Fsp3) is 0.280. The van der Waals surface area contributed by atoms with E-state index in [1.165, 1.54) is 0 Å². The van der Waals surface area contributed by atoms with Gasteiger partial charge in [-0.05, 0) is 16.7 Å². The highest BCUT2D eigenvalue weighted by Gasteiger charge is 2.51. The van der Waals surface area contributed by atoms with Gasteiger partial charge >= 0.3 is 0 Å². The normalized spacial score (nSPS) is 13.2. The first-order valence-electron chi connectivity index (χ1n) is 10.3. The SMILES string of the molecule is NC(N)(O)C(OCCOCCO)C(c1ccccc1)(c1ccccc1)c1ccccc1. The molecule has 0 radical (unpaired) electrons. The smallest absolute Gasteiger partial charge is 0.195 e. The summed E-state index contributed by atoms with van der Waals surface area (Å²) in [6, 6.07) is 29.3. The topological polar surface area (TPSA) is 111 Å². The van der Waals surface area contributed by atoms with Crippen molar-refractivity contribution < 1.29 is 19.7 Å². The van der Waals surface area contributed by atoms with Gasteiger partial charge in [0.1, 0.15) is 6.10 Å². The Morgan fingerprint density at radius 2 is 1.10 bits per heavy atom. The molecule has 0 aliphatic heterocycles. The zero-order valence-corrected chi connectivity index (χ0v) is 17.4. The van der Waals surface area contributed by atoms with E-state index in [-0.39, 0.29) is 26.4 Å². The van der Waals surface area contributed by atoms with Crippen LogP contribution in [0.25, 0.3) is 0 Å². The predicted molar refractivity (Wildman–Crippen MR) is 120 cm³/mol. The maximum absolute atomic E-state index is 10.9. The van der Waals surface area contributed by atoms with Crippen LogP contribution in [0.5, 0.6) is 0 Å². The number of nitrogens with two attached hydrogens (primary N) is 2. The molecule has 0 amide bonds. The highest BCUT2D eigenvalue weighted by atomic mass is 16.5. The zero-order valence-electron chi connectivity index (χ0n) is 17.4. The molecule has 6 heteroatoms. The van der Waals surface area contributed by atoms with Crippen molar-refractivity contribution in [1.82, 2.24) is 0 Å². The number of aliphatic hydroxyl groups is 2. The largest absolute Gasteiger partial charge is 0.394 e. The Morgan fingerprint density at radius 3 is 1.45 bits per heavy atom. The van der Waals surface area contributed by atoms with Crippen molar-refractivity contribution in [2.75, 3.05) is 26.4 Å². The van der Waals surface area contributed by atoms with Crippen LogP contribution in [-0.4, -0.2) is 48.6 Å². The summed E-state index contributed by atoms with van der Waals surface area (Å²) >= 11 is 0. The summed E-state index contributed by atoms with van der Waals surface area (Å²) < 4.78 is 11.5. The first-order chi connectivity index (χ1) is 15.0. The third kappa shape index (κ3) is 5.19. The van der Waals surface area contributed by atoms with Crippen molar-refractivity contribution in [3.05, 3.63) is 108 Å². The minimum atomic E-state index is -2.17. The molecular weight excluding hydrogens is 392 g/mol. The van der Waals surface area contributed by atoms with Gasteiger partial charge in [0, 0.05) is 0 Å². The minimum Gasteiger partial charge on any atom is -0.394 e. The van der Waals surface area contributed by atoms with Gasteiger partial charge in [-0.1, -0.05) is 91.0 Å². The van der Waals surface area contributed by atoms with E-state index >= 15 is 0 Å². The molecule has 1 unspecified atom stereocenters. The molecule has 164 valence electrons. The number of ether oxygens (including phenoxy) is 2. The minimum absolute atomic E-state index is 0.0802. The van der Waals surface area contributed by atoms with Gasteiger partial charge in [0.05, 0.1) is 31.8 Å². The third-order valence-corrected chi connectivity index (χ3v) is 5.25. The van der Waals surface area contributed by atoms with Crippen LogP contribution in [0.15, 0.2) is 91.0 Å². The molecule has 3 aromatic rings. The summed E-state index contributed by atoms with van der Waals surface area (Å²) in [5, 5.41) is 19.9. The second kappa shape index (κ2) is 10.6. The molecule has 3 rings (SSSR count). The Morgan fingerprint density at radius 1 is 0.677 bits per heavy atom. The molecule has 3 aromatic carbocycles. The fourth-order valence-electron chi connectivity index (χ4n) is 4.05. The molecule has 6 N–H and O–H groups in total. The van der Waals surface area contributed by atoms with Gasteiger partial charge in [0.25, 0.3) is 0 Å². The summed E-state index contributed by atoms with van der Waals surface area (Å²) in [5.74, 6) is -2.17. The summed E-state index contributed by atoms with van der Waals surface area (Å²) in [7, 11) is 0. The lowest BCUT2D eigenvalue weighted by molar-refractivity contribution is -0.132. The molecule has 1 atom stereocenters. The van der Waals surface area contributed by atoms with E-state index in [2.05, 4.69) is 0 Å². The Labute approximate surface area is 183 Å². The van der Waals surface area contributed by atoms with Crippen LogP contribution in [0.1, 0.15) is 16.7 Å². The lowest BCUT2D eigenvalue weighted by Gasteiger charge is -2.46. The monoisotopic (exact) mass is 422 g/mol. The molecule has 0 bridgehead atoms. The van der Waals surface area contributed by atoms with Gasteiger partial charge in [-0.2, -0.15) is 0 Å². The second-order valence-electron chi connectivity index (χ2n) is 7.38.